The third-order valence-electron chi connectivity index (χ3n) is 4.29. The molecule has 0 radical (unpaired) electrons. The molecule has 0 bridgehead atoms. The fraction of sp³-hybridized carbons (Fsp3) is 0.421. The standard InChI is InChI=1S/C19H26N4O2S/c1-4-22(5-2)12-6-11-20-13-16-17(24)21-19(26)23(18(16)25)15-9-7-14(3)8-10-15/h7-10,13,25H,4-6,11-12H2,1-3H3,(H,21,24,26). The lowest BCUT2D eigenvalue weighted by atomic mass is 10.2. The number of aromatic hydroxyl groups is 1. The van der Waals surface area contributed by atoms with Crippen LogP contribution >= 0.6 is 12.2 Å². The highest BCUT2D eigenvalue weighted by Gasteiger charge is 2.12. The zero-order chi connectivity index (χ0) is 19.1. The molecule has 0 aliphatic carbocycles. The molecule has 2 aromatic rings. The van der Waals surface area contributed by atoms with Crippen molar-refractivity contribution in [3.8, 4) is 11.6 Å². The van der Waals surface area contributed by atoms with Crippen LogP contribution in [0.1, 0.15) is 31.4 Å². The zero-order valence-corrected chi connectivity index (χ0v) is 16.3. The van der Waals surface area contributed by atoms with Crippen LogP contribution in [0.4, 0.5) is 0 Å². The van der Waals surface area contributed by atoms with Crippen molar-refractivity contribution in [1.29, 1.82) is 0 Å². The number of rotatable bonds is 8. The van der Waals surface area contributed by atoms with E-state index in [0.717, 1.165) is 31.6 Å². The second kappa shape index (κ2) is 9.45. The Labute approximate surface area is 158 Å². The van der Waals surface area contributed by atoms with Crippen molar-refractivity contribution in [3.63, 3.8) is 0 Å². The molecular formula is C19H26N4O2S. The van der Waals surface area contributed by atoms with Crippen molar-refractivity contribution in [1.82, 2.24) is 14.5 Å². The van der Waals surface area contributed by atoms with Crippen LogP contribution in [-0.4, -0.2) is 52.0 Å². The third-order valence-corrected chi connectivity index (χ3v) is 4.57. The minimum Gasteiger partial charge on any atom is -0.494 e. The molecule has 0 aliphatic rings. The molecule has 2 rings (SSSR count). The molecule has 0 aliphatic heterocycles. The number of nitrogens with zero attached hydrogens (tertiary/aromatic N) is 3. The van der Waals surface area contributed by atoms with Crippen LogP contribution in [0.2, 0.25) is 0 Å². The second-order valence-corrected chi connectivity index (χ2v) is 6.47. The first-order valence-electron chi connectivity index (χ1n) is 8.85. The summed E-state index contributed by atoms with van der Waals surface area (Å²) < 4.78 is 1.59. The van der Waals surface area contributed by atoms with E-state index in [1.165, 1.54) is 10.8 Å². The molecule has 0 fully saturated rings. The molecule has 0 spiro atoms. The maximum atomic E-state index is 12.2. The molecule has 1 aromatic heterocycles. The molecular weight excluding hydrogens is 348 g/mol. The summed E-state index contributed by atoms with van der Waals surface area (Å²) in [6.07, 6.45) is 2.32. The Balaban J connectivity index is 2.23. The molecule has 0 atom stereocenters. The molecule has 0 saturated carbocycles. The summed E-state index contributed by atoms with van der Waals surface area (Å²) in [6, 6.07) is 7.52. The topological polar surface area (TPSA) is 73.6 Å². The molecule has 0 unspecified atom stereocenters. The van der Waals surface area contributed by atoms with Gasteiger partial charge in [0.15, 0.2) is 4.77 Å². The van der Waals surface area contributed by atoms with Gasteiger partial charge in [-0.05, 0) is 57.3 Å². The van der Waals surface area contributed by atoms with Crippen LogP contribution in [0.15, 0.2) is 34.1 Å². The summed E-state index contributed by atoms with van der Waals surface area (Å²) in [5, 5.41) is 10.6. The number of aliphatic imine (C=N–C) groups is 1. The van der Waals surface area contributed by atoms with Gasteiger partial charge in [-0.1, -0.05) is 31.5 Å². The lowest BCUT2D eigenvalue weighted by Gasteiger charge is -2.16. The lowest BCUT2D eigenvalue weighted by molar-refractivity contribution is 0.302. The maximum Gasteiger partial charge on any atom is 0.264 e. The molecule has 2 N–H and O–H groups in total. The van der Waals surface area contributed by atoms with Gasteiger partial charge in [-0.25, -0.2) is 0 Å². The summed E-state index contributed by atoms with van der Waals surface area (Å²) in [4.78, 5) is 21.4. The van der Waals surface area contributed by atoms with Gasteiger partial charge in [0.25, 0.3) is 5.56 Å². The number of aromatic amines is 1. The Hall–Kier alpha value is -2.25. The van der Waals surface area contributed by atoms with Crippen LogP contribution in [-0.2, 0) is 0 Å². The fourth-order valence-corrected chi connectivity index (χ4v) is 2.95. The third kappa shape index (κ3) is 4.89. The molecule has 7 heteroatoms. The van der Waals surface area contributed by atoms with Crippen molar-refractivity contribution in [2.24, 2.45) is 4.99 Å². The Kier molecular flexibility index (Phi) is 7.29. The Bertz CT molecular complexity index is 865. The second-order valence-electron chi connectivity index (χ2n) is 6.08. The molecule has 0 amide bonds. The molecule has 6 nitrogen and oxygen atoms in total. The van der Waals surface area contributed by atoms with Gasteiger partial charge < -0.3 is 10.0 Å². The van der Waals surface area contributed by atoms with Crippen LogP contribution in [0, 0.1) is 11.7 Å². The summed E-state index contributed by atoms with van der Waals surface area (Å²) in [5.41, 5.74) is 1.45. The Morgan fingerprint density at radius 1 is 1.27 bits per heavy atom. The smallest absolute Gasteiger partial charge is 0.264 e. The number of hydrogen-bond acceptors (Lipinski definition) is 5. The average molecular weight is 375 g/mol. The van der Waals surface area contributed by atoms with E-state index in [2.05, 4.69) is 28.7 Å². The van der Waals surface area contributed by atoms with Crippen molar-refractivity contribution >= 4 is 18.4 Å². The minimum atomic E-state index is -0.441. The summed E-state index contributed by atoms with van der Waals surface area (Å²) >= 11 is 5.21. The molecule has 0 saturated heterocycles. The largest absolute Gasteiger partial charge is 0.494 e. The van der Waals surface area contributed by atoms with Crippen molar-refractivity contribution < 1.29 is 5.11 Å². The highest BCUT2D eigenvalue weighted by atomic mass is 32.1. The predicted octanol–water partition coefficient (Wildman–Crippen LogP) is 3.06. The van der Waals surface area contributed by atoms with Crippen molar-refractivity contribution in [3.05, 3.63) is 50.5 Å². The first-order valence-corrected chi connectivity index (χ1v) is 9.26. The predicted molar refractivity (Wildman–Crippen MR) is 108 cm³/mol. The van der Waals surface area contributed by atoms with Gasteiger partial charge in [-0.3, -0.25) is 19.3 Å². The van der Waals surface area contributed by atoms with Gasteiger partial charge in [-0.15, -0.1) is 0 Å². The van der Waals surface area contributed by atoms with Crippen molar-refractivity contribution in [2.75, 3.05) is 26.2 Å². The highest BCUT2D eigenvalue weighted by Crippen LogP contribution is 2.19. The first kappa shape index (κ1) is 20.1. The first-order chi connectivity index (χ1) is 12.5. The van der Waals surface area contributed by atoms with Crippen LogP contribution in [0.5, 0.6) is 5.88 Å². The van der Waals surface area contributed by atoms with Crippen LogP contribution in [0.25, 0.3) is 5.69 Å². The molecule has 1 aromatic carbocycles. The fourth-order valence-electron chi connectivity index (χ4n) is 2.67. The zero-order valence-electron chi connectivity index (χ0n) is 15.5. The van der Waals surface area contributed by atoms with E-state index in [4.69, 9.17) is 12.2 Å². The van der Waals surface area contributed by atoms with Crippen LogP contribution in [0.3, 0.4) is 0 Å². The van der Waals surface area contributed by atoms with Gasteiger partial charge in [0.05, 0.1) is 5.69 Å². The van der Waals surface area contributed by atoms with E-state index < -0.39 is 5.56 Å². The summed E-state index contributed by atoms with van der Waals surface area (Å²) in [6.45, 7) is 9.81. The number of benzene rings is 1. The van der Waals surface area contributed by atoms with E-state index in [0.29, 0.717) is 12.2 Å². The SMILES string of the molecule is CCN(CC)CCCN=Cc1c(O)n(-c2ccc(C)cc2)c(=S)[nH]c1=O. The molecule has 140 valence electrons. The van der Waals surface area contributed by atoms with Crippen molar-refractivity contribution in [2.45, 2.75) is 27.2 Å². The molecule has 1 heterocycles. The number of hydrogen-bond donors (Lipinski definition) is 2. The minimum absolute atomic E-state index is 0.113. The van der Waals surface area contributed by atoms with Gasteiger partial charge in [0, 0.05) is 12.8 Å². The van der Waals surface area contributed by atoms with Gasteiger partial charge >= 0.3 is 0 Å². The highest BCUT2D eigenvalue weighted by molar-refractivity contribution is 7.71. The van der Waals surface area contributed by atoms with E-state index in [1.807, 2.05) is 31.2 Å². The van der Waals surface area contributed by atoms with E-state index in [1.54, 1.807) is 0 Å². The monoisotopic (exact) mass is 374 g/mol. The van der Waals surface area contributed by atoms with Gasteiger partial charge in [-0.2, -0.15) is 0 Å². The van der Waals surface area contributed by atoms with Gasteiger partial charge in [0.1, 0.15) is 5.56 Å². The quantitative estimate of drug-likeness (QED) is 0.423. The van der Waals surface area contributed by atoms with Crippen LogP contribution < -0.4 is 5.56 Å². The van der Waals surface area contributed by atoms with E-state index in [9.17, 15) is 9.90 Å². The van der Waals surface area contributed by atoms with E-state index in [-0.39, 0.29) is 16.2 Å². The van der Waals surface area contributed by atoms with E-state index >= 15 is 0 Å². The van der Waals surface area contributed by atoms with Gasteiger partial charge in [0.2, 0.25) is 5.88 Å². The average Bonchev–Trinajstić information content (AvgIpc) is 2.62. The Morgan fingerprint density at radius 3 is 2.54 bits per heavy atom. The summed E-state index contributed by atoms with van der Waals surface area (Å²) in [5.74, 6) is -0.199. The Morgan fingerprint density at radius 2 is 1.92 bits per heavy atom. The normalized spacial score (nSPS) is 11.5. The maximum absolute atomic E-state index is 12.2. The number of aryl methyl sites for hydroxylation is 1. The lowest BCUT2D eigenvalue weighted by Crippen LogP contribution is -2.24. The molecule has 26 heavy (non-hydrogen) atoms. The summed E-state index contributed by atoms with van der Waals surface area (Å²) in [7, 11) is 0. The number of aromatic nitrogens is 2. The number of nitrogens with one attached hydrogen (secondary N) is 1. The number of H-pyrrole nitrogens is 1.